The van der Waals surface area contributed by atoms with E-state index in [1.807, 2.05) is 18.2 Å². The molecule has 1 aliphatic rings. The number of amides is 1. The van der Waals surface area contributed by atoms with Crippen molar-refractivity contribution in [3.8, 4) is 0 Å². The monoisotopic (exact) mass is 525 g/mol. The standard InChI is InChI=1S/C35H43NO3/c1-4-27(5-2)23-34(36-26(3)38)33-22-28(21-29(33)24-37)25-39-35(30-15-9-6-10-16-30,31-17-11-7-12-18-31)32-19-13-8-14-20-32/h6-20,24,27-29,33-34H,4-5,21-23,25H2,1-3H3,(H,36,38)/t28?,29-,33?,34-/m0/s1. The summed E-state index contributed by atoms with van der Waals surface area (Å²) in [6.45, 7) is 6.52. The van der Waals surface area contributed by atoms with Gasteiger partial charge in [-0.2, -0.15) is 0 Å². The lowest BCUT2D eigenvalue weighted by Gasteiger charge is -2.37. The van der Waals surface area contributed by atoms with Gasteiger partial charge < -0.3 is 14.8 Å². The average molecular weight is 526 g/mol. The summed E-state index contributed by atoms with van der Waals surface area (Å²) in [5.74, 6) is 0.779. The number of nitrogens with one attached hydrogen (secondary N) is 1. The molecule has 0 radical (unpaired) electrons. The van der Waals surface area contributed by atoms with E-state index in [0.717, 1.165) is 55.1 Å². The Morgan fingerprint density at radius 3 is 1.77 bits per heavy atom. The number of benzene rings is 3. The molecule has 0 spiro atoms. The van der Waals surface area contributed by atoms with E-state index < -0.39 is 5.60 Å². The molecular weight excluding hydrogens is 482 g/mol. The molecule has 39 heavy (non-hydrogen) atoms. The maximum atomic E-state index is 12.3. The first-order chi connectivity index (χ1) is 19.0. The van der Waals surface area contributed by atoms with Crippen molar-refractivity contribution < 1.29 is 14.3 Å². The molecule has 0 aliphatic heterocycles. The molecule has 1 fully saturated rings. The van der Waals surface area contributed by atoms with Crippen LogP contribution in [0, 0.1) is 23.7 Å². The molecular formula is C35H43NO3. The van der Waals surface area contributed by atoms with Crippen LogP contribution in [0.3, 0.4) is 0 Å². The molecule has 1 saturated carbocycles. The van der Waals surface area contributed by atoms with Crippen molar-refractivity contribution in [1.29, 1.82) is 0 Å². The van der Waals surface area contributed by atoms with Gasteiger partial charge in [0, 0.05) is 18.9 Å². The first-order valence-corrected chi connectivity index (χ1v) is 14.5. The van der Waals surface area contributed by atoms with Gasteiger partial charge in [0.15, 0.2) is 0 Å². The Hall–Kier alpha value is -3.24. The van der Waals surface area contributed by atoms with Crippen LogP contribution in [0.2, 0.25) is 0 Å². The Morgan fingerprint density at radius 2 is 1.36 bits per heavy atom. The van der Waals surface area contributed by atoms with Crippen molar-refractivity contribution in [1.82, 2.24) is 5.32 Å². The van der Waals surface area contributed by atoms with Crippen LogP contribution in [-0.2, 0) is 19.9 Å². The lowest BCUT2D eigenvalue weighted by molar-refractivity contribution is -0.121. The number of carbonyl (C=O) groups excluding carboxylic acids is 2. The second-order valence-electron chi connectivity index (χ2n) is 11.1. The van der Waals surface area contributed by atoms with Crippen molar-refractivity contribution in [3.05, 3.63) is 108 Å². The third-order valence-corrected chi connectivity index (χ3v) is 8.66. The van der Waals surface area contributed by atoms with Crippen molar-refractivity contribution in [2.45, 2.75) is 64.5 Å². The average Bonchev–Trinajstić information content (AvgIpc) is 3.40. The van der Waals surface area contributed by atoms with Crippen LogP contribution < -0.4 is 5.32 Å². The zero-order chi connectivity index (χ0) is 27.7. The van der Waals surface area contributed by atoms with Gasteiger partial charge in [-0.05, 0) is 53.7 Å². The van der Waals surface area contributed by atoms with E-state index in [4.69, 9.17) is 4.74 Å². The number of ether oxygens (including phenoxy) is 1. The molecule has 4 nitrogen and oxygen atoms in total. The normalized spacial score (nSPS) is 20.1. The summed E-state index contributed by atoms with van der Waals surface area (Å²) in [5.41, 5.74) is 2.46. The Labute approximate surface area is 234 Å². The van der Waals surface area contributed by atoms with Gasteiger partial charge in [0.05, 0.1) is 6.61 Å². The highest BCUT2D eigenvalue weighted by atomic mass is 16.5. The first kappa shape index (κ1) is 28.8. The Bertz CT molecular complexity index is 1060. The molecule has 4 rings (SSSR count). The van der Waals surface area contributed by atoms with E-state index in [9.17, 15) is 9.59 Å². The smallest absolute Gasteiger partial charge is 0.217 e. The fourth-order valence-electron chi connectivity index (χ4n) is 6.57. The molecule has 0 bridgehead atoms. The van der Waals surface area contributed by atoms with Crippen LogP contribution in [0.15, 0.2) is 91.0 Å². The Kier molecular flexibility index (Phi) is 10.1. The minimum Gasteiger partial charge on any atom is -0.361 e. The molecule has 206 valence electrons. The van der Waals surface area contributed by atoms with E-state index in [2.05, 4.69) is 92.0 Å². The zero-order valence-corrected chi connectivity index (χ0v) is 23.6. The number of hydrogen-bond donors (Lipinski definition) is 1. The van der Waals surface area contributed by atoms with Gasteiger partial charge in [0.25, 0.3) is 0 Å². The molecule has 0 heterocycles. The van der Waals surface area contributed by atoms with Crippen molar-refractivity contribution >= 4 is 12.2 Å². The summed E-state index contributed by atoms with van der Waals surface area (Å²) < 4.78 is 7.09. The molecule has 4 atom stereocenters. The number of carbonyl (C=O) groups is 2. The zero-order valence-electron chi connectivity index (χ0n) is 23.6. The summed E-state index contributed by atoms with van der Waals surface area (Å²) in [5, 5.41) is 3.22. The topological polar surface area (TPSA) is 55.4 Å². The van der Waals surface area contributed by atoms with Crippen molar-refractivity contribution in [2.24, 2.45) is 23.7 Å². The van der Waals surface area contributed by atoms with E-state index in [0.29, 0.717) is 12.5 Å². The van der Waals surface area contributed by atoms with Crippen LogP contribution in [0.5, 0.6) is 0 Å². The fraction of sp³-hybridized carbons (Fsp3) is 0.429. The predicted octanol–water partition coefficient (Wildman–Crippen LogP) is 7.17. The van der Waals surface area contributed by atoms with Gasteiger partial charge in [-0.3, -0.25) is 4.79 Å². The minimum atomic E-state index is -0.773. The number of aldehydes is 1. The third kappa shape index (κ3) is 6.67. The van der Waals surface area contributed by atoms with Gasteiger partial charge in [-0.25, -0.2) is 0 Å². The van der Waals surface area contributed by atoms with Crippen molar-refractivity contribution in [3.63, 3.8) is 0 Å². The predicted molar refractivity (Wildman–Crippen MR) is 157 cm³/mol. The van der Waals surface area contributed by atoms with Gasteiger partial charge in [0.1, 0.15) is 11.9 Å². The van der Waals surface area contributed by atoms with Gasteiger partial charge in [-0.15, -0.1) is 0 Å². The number of hydrogen-bond acceptors (Lipinski definition) is 3. The third-order valence-electron chi connectivity index (χ3n) is 8.66. The van der Waals surface area contributed by atoms with Gasteiger partial charge in [0.2, 0.25) is 5.91 Å². The highest BCUT2D eigenvalue weighted by Gasteiger charge is 2.43. The molecule has 1 amide bonds. The van der Waals surface area contributed by atoms with Crippen molar-refractivity contribution in [2.75, 3.05) is 6.61 Å². The van der Waals surface area contributed by atoms with E-state index in [-0.39, 0.29) is 29.7 Å². The molecule has 2 unspecified atom stereocenters. The van der Waals surface area contributed by atoms with E-state index in [1.54, 1.807) is 6.92 Å². The quantitative estimate of drug-likeness (QED) is 0.190. The summed E-state index contributed by atoms with van der Waals surface area (Å²) in [4.78, 5) is 24.4. The summed E-state index contributed by atoms with van der Waals surface area (Å²) >= 11 is 0. The first-order valence-electron chi connectivity index (χ1n) is 14.5. The minimum absolute atomic E-state index is 0.00901. The van der Waals surface area contributed by atoms with Gasteiger partial charge in [-0.1, -0.05) is 118 Å². The Morgan fingerprint density at radius 1 is 0.872 bits per heavy atom. The maximum Gasteiger partial charge on any atom is 0.217 e. The fourth-order valence-corrected chi connectivity index (χ4v) is 6.57. The van der Waals surface area contributed by atoms with Crippen LogP contribution in [0.4, 0.5) is 0 Å². The lowest BCUT2D eigenvalue weighted by Crippen LogP contribution is -2.42. The lowest BCUT2D eigenvalue weighted by atomic mass is 9.80. The molecule has 0 saturated heterocycles. The highest BCUT2D eigenvalue weighted by molar-refractivity contribution is 5.73. The van der Waals surface area contributed by atoms with Crippen LogP contribution >= 0.6 is 0 Å². The van der Waals surface area contributed by atoms with Crippen LogP contribution in [0.1, 0.15) is 69.6 Å². The molecule has 3 aromatic rings. The molecule has 1 aliphatic carbocycles. The SMILES string of the molecule is CCC(CC)C[C@H](NC(C)=O)C1CC(COC(c2ccccc2)(c2ccccc2)c2ccccc2)C[C@H]1C=O. The van der Waals surface area contributed by atoms with Crippen LogP contribution in [0.25, 0.3) is 0 Å². The molecule has 4 heteroatoms. The second kappa shape index (κ2) is 13.7. The molecule has 1 N–H and O–H groups in total. The summed E-state index contributed by atoms with van der Waals surface area (Å²) in [6.07, 6.45) is 5.82. The Balaban J connectivity index is 1.65. The molecule has 0 aromatic heterocycles. The van der Waals surface area contributed by atoms with Crippen LogP contribution in [-0.4, -0.2) is 24.8 Å². The number of rotatable bonds is 13. The molecule has 3 aromatic carbocycles. The summed E-state index contributed by atoms with van der Waals surface area (Å²) in [7, 11) is 0. The highest BCUT2D eigenvalue weighted by Crippen LogP contribution is 2.44. The second-order valence-corrected chi connectivity index (χ2v) is 11.1. The van der Waals surface area contributed by atoms with E-state index >= 15 is 0 Å². The maximum absolute atomic E-state index is 12.3. The largest absolute Gasteiger partial charge is 0.361 e. The van der Waals surface area contributed by atoms with E-state index in [1.165, 1.54) is 0 Å². The van der Waals surface area contributed by atoms with Gasteiger partial charge >= 0.3 is 0 Å². The summed E-state index contributed by atoms with van der Waals surface area (Å²) in [6, 6.07) is 31.3.